The second-order valence-corrected chi connectivity index (χ2v) is 5.96. The Morgan fingerprint density at radius 1 is 1.20 bits per heavy atom. The standard InChI is InChI=1S/C19H22N4O2/c1-13(17-10-7-11-25-17)20-12-18(24)21-19-14(2)22-23(15(19)3)16-8-5-4-6-9-16/h4-11,13,20H,12H2,1-3H3,(H,21,24)/t13-/m1/s1. The van der Waals surface area contributed by atoms with Crippen molar-refractivity contribution in [2.24, 2.45) is 0 Å². The van der Waals surface area contributed by atoms with E-state index in [0.29, 0.717) is 0 Å². The van der Waals surface area contributed by atoms with E-state index in [1.807, 2.05) is 67.9 Å². The maximum Gasteiger partial charge on any atom is 0.238 e. The number of para-hydroxylation sites is 1. The number of nitrogens with one attached hydrogen (secondary N) is 2. The predicted octanol–water partition coefficient (Wildman–Crippen LogP) is 3.37. The van der Waals surface area contributed by atoms with Crippen LogP contribution in [0, 0.1) is 13.8 Å². The molecule has 3 rings (SSSR count). The summed E-state index contributed by atoms with van der Waals surface area (Å²) in [4.78, 5) is 12.3. The number of anilines is 1. The van der Waals surface area contributed by atoms with Gasteiger partial charge in [-0.3, -0.25) is 10.1 Å². The predicted molar refractivity (Wildman–Crippen MR) is 96.8 cm³/mol. The Morgan fingerprint density at radius 3 is 2.64 bits per heavy atom. The number of rotatable bonds is 6. The van der Waals surface area contributed by atoms with Crippen LogP contribution in [-0.2, 0) is 4.79 Å². The van der Waals surface area contributed by atoms with E-state index in [-0.39, 0.29) is 18.5 Å². The second kappa shape index (κ2) is 7.36. The normalized spacial score (nSPS) is 12.1. The Kier molecular flexibility index (Phi) is 5.00. The lowest BCUT2D eigenvalue weighted by Crippen LogP contribution is -2.30. The van der Waals surface area contributed by atoms with Gasteiger partial charge in [0.2, 0.25) is 5.91 Å². The van der Waals surface area contributed by atoms with Crippen LogP contribution in [0.5, 0.6) is 0 Å². The van der Waals surface area contributed by atoms with Crippen LogP contribution in [-0.4, -0.2) is 22.2 Å². The molecule has 1 amide bonds. The molecule has 0 bridgehead atoms. The van der Waals surface area contributed by atoms with Crippen LogP contribution in [0.3, 0.4) is 0 Å². The van der Waals surface area contributed by atoms with Gasteiger partial charge in [-0.1, -0.05) is 18.2 Å². The van der Waals surface area contributed by atoms with Crippen molar-refractivity contribution in [1.82, 2.24) is 15.1 Å². The van der Waals surface area contributed by atoms with E-state index in [4.69, 9.17) is 4.42 Å². The molecule has 0 saturated heterocycles. The largest absolute Gasteiger partial charge is 0.468 e. The monoisotopic (exact) mass is 338 g/mol. The van der Waals surface area contributed by atoms with Crippen molar-refractivity contribution < 1.29 is 9.21 Å². The molecule has 2 N–H and O–H groups in total. The van der Waals surface area contributed by atoms with Gasteiger partial charge in [-0.2, -0.15) is 5.10 Å². The molecule has 0 saturated carbocycles. The Bertz CT molecular complexity index is 838. The number of aromatic nitrogens is 2. The van der Waals surface area contributed by atoms with Crippen molar-refractivity contribution in [3.05, 3.63) is 65.9 Å². The fourth-order valence-electron chi connectivity index (χ4n) is 2.71. The smallest absolute Gasteiger partial charge is 0.238 e. The first-order valence-electron chi connectivity index (χ1n) is 8.24. The molecule has 0 fully saturated rings. The lowest BCUT2D eigenvalue weighted by atomic mass is 10.2. The first kappa shape index (κ1) is 17.0. The number of hydrogen-bond donors (Lipinski definition) is 2. The maximum atomic E-state index is 12.3. The van der Waals surface area contributed by atoms with Crippen LogP contribution >= 0.6 is 0 Å². The van der Waals surface area contributed by atoms with Crippen LogP contribution in [0.25, 0.3) is 5.69 Å². The van der Waals surface area contributed by atoms with E-state index in [2.05, 4.69) is 15.7 Å². The summed E-state index contributed by atoms with van der Waals surface area (Å²) in [7, 11) is 0. The third-order valence-electron chi connectivity index (χ3n) is 4.10. The Morgan fingerprint density at radius 2 is 1.96 bits per heavy atom. The van der Waals surface area contributed by atoms with Crippen molar-refractivity contribution in [2.75, 3.05) is 11.9 Å². The fraction of sp³-hybridized carbons (Fsp3) is 0.263. The van der Waals surface area contributed by atoms with Gasteiger partial charge in [0, 0.05) is 0 Å². The van der Waals surface area contributed by atoms with Crippen molar-refractivity contribution in [1.29, 1.82) is 0 Å². The molecule has 0 aliphatic heterocycles. The summed E-state index contributed by atoms with van der Waals surface area (Å²) in [5, 5.41) is 10.6. The highest BCUT2D eigenvalue weighted by molar-refractivity contribution is 5.93. The molecule has 0 radical (unpaired) electrons. The fourth-order valence-corrected chi connectivity index (χ4v) is 2.71. The van der Waals surface area contributed by atoms with Crippen molar-refractivity contribution in [3.8, 4) is 5.69 Å². The minimum Gasteiger partial charge on any atom is -0.468 e. The SMILES string of the molecule is Cc1nn(-c2ccccc2)c(C)c1NC(=O)CN[C@H](C)c1ccco1. The van der Waals surface area contributed by atoms with Gasteiger partial charge in [0.05, 0.1) is 41.6 Å². The molecule has 2 aromatic heterocycles. The number of nitrogens with zero attached hydrogens (tertiary/aromatic N) is 2. The highest BCUT2D eigenvalue weighted by Crippen LogP contribution is 2.22. The van der Waals surface area contributed by atoms with Gasteiger partial charge < -0.3 is 9.73 Å². The van der Waals surface area contributed by atoms with Gasteiger partial charge >= 0.3 is 0 Å². The molecule has 0 unspecified atom stereocenters. The highest BCUT2D eigenvalue weighted by Gasteiger charge is 2.16. The molecule has 6 heteroatoms. The summed E-state index contributed by atoms with van der Waals surface area (Å²) in [6.07, 6.45) is 1.62. The van der Waals surface area contributed by atoms with Crippen LogP contribution < -0.4 is 10.6 Å². The van der Waals surface area contributed by atoms with E-state index < -0.39 is 0 Å². The Balaban J connectivity index is 1.66. The number of furan rings is 1. The third-order valence-corrected chi connectivity index (χ3v) is 4.10. The zero-order chi connectivity index (χ0) is 17.8. The van der Waals surface area contributed by atoms with Crippen LogP contribution in [0.1, 0.15) is 30.1 Å². The second-order valence-electron chi connectivity index (χ2n) is 5.96. The van der Waals surface area contributed by atoms with Gasteiger partial charge in [-0.15, -0.1) is 0 Å². The first-order chi connectivity index (χ1) is 12.1. The number of carbonyl (C=O) groups excluding carboxylic acids is 1. The lowest BCUT2D eigenvalue weighted by molar-refractivity contribution is -0.115. The Labute approximate surface area is 146 Å². The lowest BCUT2D eigenvalue weighted by Gasteiger charge is -2.11. The number of amides is 1. The van der Waals surface area contributed by atoms with Crippen molar-refractivity contribution in [3.63, 3.8) is 0 Å². The maximum absolute atomic E-state index is 12.3. The molecular weight excluding hydrogens is 316 g/mol. The van der Waals surface area contributed by atoms with Gasteiger partial charge in [-0.05, 0) is 45.0 Å². The molecule has 130 valence electrons. The Hall–Kier alpha value is -2.86. The molecule has 0 aliphatic rings. The zero-order valence-electron chi connectivity index (χ0n) is 14.6. The van der Waals surface area contributed by atoms with Crippen LogP contribution in [0.2, 0.25) is 0 Å². The summed E-state index contributed by atoms with van der Waals surface area (Å²) in [5.41, 5.74) is 3.40. The number of hydrogen-bond acceptors (Lipinski definition) is 4. The average Bonchev–Trinajstić information content (AvgIpc) is 3.25. The number of benzene rings is 1. The summed E-state index contributed by atoms with van der Waals surface area (Å²) in [5.74, 6) is 0.689. The molecule has 1 aromatic carbocycles. The van der Waals surface area contributed by atoms with Gasteiger partial charge in [0.25, 0.3) is 0 Å². The van der Waals surface area contributed by atoms with Crippen LogP contribution in [0.4, 0.5) is 5.69 Å². The minimum absolute atomic E-state index is 0.0324. The molecule has 3 aromatic rings. The van der Waals surface area contributed by atoms with E-state index in [9.17, 15) is 4.79 Å². The van der Waals surface area contributed by atoms with Crippen LogP contribution in [0.15, 0.2) is 53.1 Å². The quantitative estimate of drug-likeness (QED) is 0.723. The van der Waals surface area contributed by atoms with Crippen molar-refractivity contribution >= 4 is 11.6 Å². The summed E-state index contributed by atoms with van der Waals surface area (Å²) >= 11 is 0. The minimum atomic E-state index is -0.114. The number of carbonyl (C=O) groups is 1. The zero-order valence-corrected chi connectivity index (χ0v) is 14.6. The molecular formula is C19H22N4O2. The summed E-state index contributed by atoms with van der Waals surface area (Å²) in [6, 6.07) is 13.5. The molecule has 2 heterocycles. The topological polar surface area (TPSA) is 72.1 Å². The van der Waals surface area contributed by atoms with Gasteiger partial charge in [0.1, 0.15) is 5.76 Å². The van der Waals surface area contributed by atoms with Gasteiger partial charge in [0.15, 0.2) is 0 Å². The average molecular weight is 338 g/mol. The summed E-state index contributed by atoms with van der Waals surface area (Å²) in [6.45, 7) is 5.98. The molecule has 0 spiro atoms. The van der Waals surface area contributed by atoms with E-state index in [1.54, 1.807) is 6.26 Å². The molecule has 25 heavy (non-hydrogen) atoms. The van der Waals surface area contributed by atoms with Gasteiger partial charge in [-0.25, -0.2) is 4.68 Å². The first-order valence-corrected chi connectivity index (χ1v) is 8.24. The van der Waals surface area contributed by atoms with E-state index in [0.717, 1.165) is 28.5 Å². The van der Waals surface area contributed by atoms with E-state index >= 15 is 0 Å². The van der Waals surface area contributed by atoms with Crippen molar-refractivity contribution in [2.45, 2.75) is 26.8 Å². The summed E-state index contributed by atoms with van der Waals surface area (Å²) < 4.78 is 7.17. The molecule has 6 nitrogen and oxygen atoms in total. The molecule has 1 atom stereocenters. The number of aryl methyl sites for hydroxylation is 1. The third kappa shape index (κ3) is 3.80. The highest BCUT2D eigenvalue weighted by atomic mass is 16.3. The molecule has 0 aliphatic carbocycles. The van der Waals surface area contributed by atoms with E-state index in [1.165, 1.54) is 0 Å².